The smallest absolute Gasteiger partial charge is 0.158 e. The highest BCUT2D eigenvalue weighted by Crippen LogP contribution is 2.40. The molecule has 94 valence electrons. The van der Waals surface area contributed by atoms with Crippen LogP contribution in [-0.2, 0) is 15.3 Å². The third-order valence-electron chi connectivity index (χ3n) is 3.19. The van der Waals surface area contributed by atoms with Crippen molar-refractivity contribution in [1.82, 2.24) is 0 Å². The summed E-state index contributed by atoms with van der Waals surface area (Å²) in [6.07, 6.45) is 1.91. The molecule has 0 bridgehead atoms. The molecule has 1 aromatic carbocycles. The normalized spacial score (nSPS) is 25.1. The van der Waals surface area contributed by atoms with Gasteiger partial charge in [-0.05, 0) is 43.4 Å². The maximum Gasteiger partial charge on any atom is 0.158 e. The summed E-state index contributed by atoms with van der Waals surface area (Å²) < 4.78 is 21.8. The first-order valence-electron chi connectivity index (χ1n) is 5.92. The molecule has 0 aliphatic heterocycles. The van der Waals surface area contributed by atoms with Crippen molar-refractivity contribution in [2.24, 2.45) is 0 Å². The molecule has 0 radical (unpaired) electrons. The van der Waals surface area contributed by atoms with Crippen molar-refractivity contribution in [3.63, 3.8) is 0 Å². The van der Waals surface area contributed by atoms with E-state index < -0.39 is 11.1 Å². The number of ether oxygens (including phenoxy) is 1. The van der Waals surface area contributed by atoms with Crippen LogP contribution in [0.3, 0.4) is 0 Å². The van der Waals surface area contributed by atoms with Crippen LogP contribution in [0.2, 0.25) is 0 Å². The van der Waals surface area contributed by atoms with E-state index in [2.05, 4.69) is 12.1 Å². The first kappa shape index (κ1) is 12.6. The van der Waals surface area contributed by atoms with E-state index in [0.29, 0.717) is 12.5 Å². The molecule has 1 aliphatic carbocycles. The summed E-state index contributed by atoms with van der Waals surface area (Å²) in [4.78, 5) is 0. The van der Waals surface area contributed by atoms with Gasteiger partial charge in [0.25, 0.3) is 0 Å². The first-order chi connectivity index (χ1) is 8.24. The van der Waals surface area contributed by atoms with E-state index in [0.717, 1.165) is 18.6 Å². The summed E-state index contributed by atoms with van der Waals surface area (Å²) in [7, 11) is 1.67. The fraction of sp³-hybridized carbons (Fsp3) is 0.538. The van der Waals surface area contributed by atoms with Gasteiger partial charge in [0.15, 0.2) is 11.1 Å². The van der Waals surface area contributed by atoms with Crippen LogP contribution in [0.25, 0.3) is 0 Å². The molecule has 17 heavy (non-hydrogen) atoms. The monoisotopic (exact) mass is 254 g/mol. The standard InChI is InChI=1S/C13H18O3S/c1-3-16-17(14)13-8-11(9-13)10-4-6-12(15-2)7-5-10/h4-7,11,13H,3,8-9H2,1-2H3. The van der Waals surface area contributed by atoms with Crippen LogP contribution in [-0.4, -0.2) is 23.2 Å². The molecule has 0 aromatic heterocycles. The van der Waals surface area contributed by atoms with Crippen molar-refractivity contribution < 1.29 is 13.1 Å². The lowest BCUT2D eigenvalue weighted by Crippen LogP contribution is -2.32. The predicted octanol–water partition coefficient (Wildman–Crippen LogP) is 2.64. The minimum Gasteiger partial charge on any atom is -0.497 e. The minimum atomic E-state index is -1.10. The summed E-state index contributed by atoms with van der Waals surface area (Å²) in [5.74, 6) is 1.40. The lowest BCUT2D eigenvalue weighted by Gasteiger charge is -2.34. The zero-order valence-electron chi connectivity index (χ0n) is 10.2. The Labute approximate surface area is 105 Å². The highest BCUT2D eigenvalue weighted by Gasteiger charge is 2.35. The number of hydrogen-bond acceptors (Lipinski definition) is 3. The van der Waals surface area contributed by atoms with E-state index >= 15 is 0 Å². The van der Waals surface area contributed by atoms with E-state index in [-0.39, 0.29) is 5.25 Å². The van der Waals surface area contributed by atoms with Gasteiger partial charge in [0.1, 0.15) is 5.75 Å². The molecule has 0 saturated heterocycles. The zero-order valence-corrected chi connectivity index (χ0v) is 11.0. The number of rotatable bonds is 5. The summed E-state index contributed by atoms with van der Waals surface area (Å²) >= 11 is -1.10. The summed E-state index contributed by atoms with van der Waals surface area (Å²) in [6, 6.07) is 8.12. The molecular weight excluding hydrogens is 236 g/mol. The molecule has 1 aromatic rings. The van der Waals surface area contributed by atoms with E-state index in [1.54, 1.807) is 7.11 Å². The Morgan fingerprint density at radius 2 is 1.94 bits per heavy atom. The maximum absolute atomic E-state index is 11.6. The van der Waals surface area contributed by atoms with Crippen LogP contribution in [0.15, 0.2) is 24.3 Å². The van der Waals surface area contributed by atoms with E-state index in [1.165, 1.54) is 5.56 Å². The van der Waals surface area contributed by atoms with Crippen LogP contribution in [0.4, 0.5) is 0 Å². The second kappa shape index (κ2) is 5.65. The second-order valence-corrected chi connectivity index (χ2v) is 5.65. The Bertz CT molecular complexity index is 382. The quantitative estimate of drug-likeness (QED) is 0.810. The van der Waals surface area contributed by atoms with Gasteiger partial charge in [-0.15, -0.1) is 0 Å². The second-order valence-electron chi connectivity index (χ2n) is 4.23. The molecule has 1 aliphatic rings. The van der Waals surface area contributed by atoms with Crippen LogP contribution < -0.4 is 4.74 Å². The molecule has 0 N–H and O–H groups in total. The van der Waals surface area contributed by atoms with Crippen LogP contribution in [0.5, 0.6) is 5.75 Å². The minimum absolute atomic E-state index is 0.210. The molecule has 1 fully saturated rings. The molecular formula is C13H18O3S. The zero-order chi connectivity index (χ0) is 12.3. The third-order valence-corrected chi connectivity index (χ3v) is 4.59. The van der Waals surface area contributed by atoms with E-state index in [1.807, 2.05) is 19.1 Å². The molecule has 3 nitrogen and oxygen atoms in total. The number of benzene rings is 1. The van der Waals surface area contributed by atoms with Gasteiger partial charge < -0.3 is 4.74 Å². The fourth-order valence-electron chi connectivity index (χ4n) is 2.08. The van der Waals surface area contributed by atoms with Gasteiger partial charge >= 0.3 is 0 Å². The number of methoxy groups -OCH3 is 1. The third kappa shape index (κ3) is 2.87. The van der Waals surface area contributed by atoms with Gasteiger partial charge in [-0.1, -0.05) is 12.1 Å². The average Bonchev–Trinajstić information content (AvgIpc) is 2.28. The van der Waals surface area contributed by atoms with Gasteiger partial charge in [0, 0.05) is 0 Å². The van der Waals surface area contributed by atoms with Gasteiger partial charge in [0.05, 0.1) is 19.0 Å². The lowest BCUT2D eigenvalue weighted by molar-refractivity contribution is 0.336. The highest BCUT2D eigenvalue weighted by molar-refractivity contribution is 7.80. The predicted molar refractivity (Wildman–Crippen MR) is 68.5 cm³/mol. The van der Waals surface area contributed by atoms with Gasteiger partial charge in [0.2, 0.25) is 0 Å². The average molecular weight is 254 g/mol. The Balaban J connectivity index is 1.88. The Morgan fingerprint density at radius 1 is 1.29 bits per heavy atom. The van der Waals surface area contributed by atoms with Crippen LogP contribution in [0, 0.1) is 0 Å². The van der Waals surface area contributed by atoms with Crippen molar-refractivity contribution in [2.45, 2.75) is 30.9 Å². The molecule has 1 saturated carbocycles. The Morgan fingerprint density at radius 3 is 2.47 bits per heavy atom. The topological polar surface area (TPSA) is 35.5 Å². The highest BCUT2D eigenvalue weighted by atomic mass is 32.2. The van der Waals surface area contributed by atoms with E-state index in [9.17, 15) is 4.21 Å². The molecule has 0 amide bonds. The van der Waals surface area contributed by atoms with Gasteiger partial charge in [-0.2, -0.15) is 0 Å². The van der Waals surface area contributed by atoms with Crippen LogP contribution >= 0.6 is 0 Å². The van der Waals surface area contributed by atoms with Gasteiger partial charge in [-0.3, -0.25) is 4.18 Å². The molecule has 0 spiro atoms. The molecule has 1 atom stereocenters. The van der Waals surface area contributed by atoms with Crippen molar-refractivity contribution >= 4 is 11.1 Å². The molecule has 0 heterocycles. The van der Waals surface area contributed by atoms with Crippen LogP contribution in [0.1, 0.15) is 31.2 Å². The van der Waals surface area contributed by atoms with E-state index in [4.69, 9.17) is 8.92 Å². The van der Waals surface area contributed by atoms with Crippen molar-refractivity contribution in [1.29, 1.82) is 0 Å². The summed E-state index contributed by atoms with van der Waals surface area (Å²) in [6.45, 7) is 2.40. The van der Waals surface area contributed by atoms with Crippen molar-refractivity contribution in [3.8, 4) is 5.75 Å². The fourth-order valence-corrected chi connectivity index (χ4v) is 3.29. The summed E-state index contributed by atoms with van der Waals surface area (Å²) in [5.41, 5.74) is 1.30. The number of hydrogen-bond donors (Lipinski definition) is 0. The molecule has 1 unspecified atom stereocenters. The summed E-state index contributed by atoms with van der Waals surface area (Å²) in [5, 5.41) is 0.210. The molecule has 2 rings (SSSR count). The SMILES string of the molecule is CCOS(=O)C1CC(c2ccc(OC)cc2)C1. The first-order valence-corrected chi connectivity index (χ1v) is 7.06. The van der Waals surface area contributed by atoms with Crippen molar-refractivity contribution in [2.75, 3.05) is 13.7 Å². The van der Waals surface area contributed by atoms with Gasteiger partial charge in [-0.25, -0.2) is 4.21 Å². The molecule has 4 heteroatoms. The van der Waals surface area contributed by atoms with Crippen molar-refractivity contribution in [3.05, 3.63) is 29.8 Å². The lowest BCUT2D eigenvalue weighted by atomic mass is 9.79. The Hall–Kier alpha value is -0.870. The Kier molecular flexibility index (Phi) is 4.18. The maximum atomic E-state index is 11.6. The largest absolute Gasteiger partial charge is 0.497 e.